The standard InChI is InChI=1S/C23H23N4O2PSSe/c1-3-26(19-13-7-4-8-14-19)23-22(24-25-27(23)31(2,28)29)30(32,20-15-9-5-10-16-20)21-17-11-6-12-18-21/h4-18H,3H2,1-2H3. The molecule has 0 amide bonds. The summed E-state index contributed by atoms with van der Waals surface area (Å²) < 4.78 is 26.6. The number of hydrogen-bond donors (Lipinski definition) is 0. The van der Waals surface area contributed by atoms with E-state index in [0.717, 1.165) is 26.6 Å². The number of benzene rings is 3. The van der Waals surface area contributed by atoms with Crippen molar-refractivity contribution in [2.45, 2.75) is 6.92 Å². The zero-order chi connectivity index (χ0) is 22.8. The summed E-state index contributed by atoms with van der Waals surface area (Å²) in [5.74, 6) is 0.459. The van der Waals surface area contributed by atoms with Crippen LogP contribution in [0.3, 0.4) is 0 Å². The van der Waals surface area contributed by atoms with Gasteiger partial charge in [-0.05, 0) is 0 Å². The molecule has 0 saturated heterocycles. The van der Waals surface area contributed by atoms with Crippen molar-refractivity contribution < 1.29 is 8.42 Å². The fourth-order valence-electron chi connectivity index (χ4n) is 3.64. The maximum absolute atomic E-state index is 12.8. The summed E-state index contributed by atoms with van der Waals surface area (Å²) in [6.45, 7) is 2.53. The number of anilines is 2. The summed E-state index contributed by atoms with van der Waals surface area (Å²) in [4.78, 5) is 1.95. The molecule has 0 unspecified atom stereocenters. The molecule has 0 bridgehead atoms. The van der Waals surface area contributed by atoms with Crippen LogP contribution in [0, 0.1) is 0 Å². The number of aromatic nitrogens is 3. The van der Waals surface area contributed by atoms with Crippen molar-refractivity contribution in [1.29, 1.82) is 0 Å². The third kappa shape index (κ3) is 4.12. The van der Waals surface area contributed by atoms with E-state index in [9.17, 15) is 8.42 Å². The first-order valence-corrected chi connectivity index (χ1v) is 15.9. The van der Waals surface area contributed by atoms with Crippen LogP contribution >= 0.6 is 5.51 Å². The predicted molar refractivity (Wildman–Crippen MR) is 134 cm³/mol. The molecule has 0 fully saturated rings. The van der Waals surface area contributed by atoms with E-state index in [2.05, 4.69) is 49.7 Å². The molecule has 1 heterocycles. The van der Waals surface area contributed by atoms with Crippen LogP contribution < -0.4 is 20.9 Å². The molecule has 1 aromatic heterocycles. The molecule has 0 saturated carbocycles. The molecule has 0 radical (unpaired) electrons. The zero-order valence-electron chi connectivity index (χ0n) is 17.7. The van der Waals surface area contributed by atoms with Crippen molar-refractivity contribution in [1.82, 2.24) is 14.4 Å². The topological polar surface area (TPSA) is 68.1 Å². The van der Waals surface area contributed by atoms with Crippen LogP contribution in [0.15, 0.2) is 91.0 Å². The van der Waals surface area contributed by atoms with Crippen molar-refractivity contribution >= 4 is 58.2 Å². The first kappa shape index (κ1) is 22.7. The van der Waals surface area contributed by atoms with Gasteiger partial charge >= 0.3 is 197 Å². The fraction of sp³-hybridized carbons (Fsp3) is 0.130. The third-order valence-corrected chi connectivity index (χ3v) is 12.6. The van der Waals surface area contributed by atoms with Gasteiger partial charge < -0.3 is 0 Å². The van der Waals surface area contributed by atoms with E-state index in [1.807, 2.05) is 78.6 Å². The first-order valence-electron chi connectivity index (χ1n) is 10.1. The molecule has 0 spiro atoms. The molecule has 164 valence electrons. The molecule has 32 heavy (non-hydrogen) atoms. The number of hydrogen-bond acceptors (Lipinski definition) is 5. The van der Waals surface area contributed by atoms with Crippen molar-refractivity contribution in [2.24, 2.45) is 0 Å². The van der Waals surface area contributed by atoms with Crippen molar-refractivity contribution in [3.8, 4) is 0 Å². The summed E-state index contributed by atoms with van der Waals surface area (Å²) in [6, 6.07) is 29.8. The molecule has 4 aromatic rings. The minimum absolute atomic E-state index is 0.459. The Kier molecular flexibility index (Phi) is 6.50. The Morgan fingerprint density at radius 2 is 1.34 bits per heavy atom. The molecule has 0 aliphatic carbocycles. The average Bonchev–Trinajstić information content (AvgIpc) is 3.27. The Hall–Kier alpha value is -2.50. The van der Waals surface area contributed by atoms with Gasteiger partial charge in [-0.25, -0.2) is 0 Å². The van der Waals surface area contributed by atoms with Crippen molar-refractivity contribution in [3.05, 3.63) is 91.0 Å². The van der Waals surface area contributed by atoms with Gasteiger partial charge in [0.2, 0.25) is 0 Å². The van der Waals surface area contributed by atoms with Crippen molar-refractivity contribution in [2.75, 3.05) is 17.7 Å². The first-order chi connectivity index (χ1) is 15.4. The van der Waals surface area contributed by atoms with E-state index in [1.165, 1.54) is 0 Å². The van der Waals surface area contributed by atoms with Gasteiger partial charge in [-0.1, -0.05) is 0 Å². The average molecular weight is 529 g/mol. The molecule has 4 rings (SSSR count). The number of nitrogens with zero attached hydrogens (tertiary/aromatic N) is 4. The zero-order valence-corrected chi connectivity index (χ0v) is 21.2. The molecule has 6 nitrogen and oxygen atoms in total. The maximum atomic E-state index is 12.8. The summed E-state index contributed by atoms with van der Waals surface area (Å²) in [6.07, 6.45) is 1.15. The van der Waals surface area contributed by atoms with Gasteiger partial charge in [0.05, 0.1) is 0 Å². The molecular weight excluding hydrogens is 506 g/mol. The van der Waals surface area contributed by atoms with Gasteiger partial charge in [0, 0.05) is 0 Å². The van der Waals surface area contributed by atoms with Gasteiger partial charge in [-0.3, -0.25) is 0 Å². The molecule has 0 N–H and O–H groups in total. The summed E-state index contributed by atoms with van der Waals surface area (Å²) in [5.41, 5.74) is -0.924. The third-order valence-electron chi connectivity index (χ3n) is 5.09. The normalized spacial score (nSPS) is 11.9. The Bertz CT molecular complexity index is 1320. The second-order valence-electron chi connectivity index (χ2n) is 7.20. The fourth-order valence-corrected chi connectivity index (χ4v) is 9.29. The SMILES string of the molecule is CCN(c1ccccc1)c1c(P(=[Se])(c2ccccc2)c2ccccc2)nnn1S(C)(=O)=O. The van der Waals surface area contributed by atoms with E-state index >= 15 is 0 Å². The van der Waals surface area contributed by atoms with Crippen LogP contribution in [0.1, 0.15) is 6.92 Å². The van der Waals surface area contributed by atoms with Gasteiger partial charge in [0.25, 0.3) is 0 Å². The molecular formula is C23H23N4O2PSSe. The Morgan fingerprint density at radius 1 is 0.875 bits per heavy atom. The quantitative estimate of drug-likeness (QED) is 0.272. The molecule has 0 aliphatic rings. The summed E-state index contributed by atoms with van der Waals surface area (Å²) in [7, 11) is -3.70. The Morgan fingerprint density at radius 3 is 1.78 bits per heavy atom. The van der Waals surface area contributed by atoms with E-state index in [1.54, 1.807) is 0 Å². The molecule has 0 aliphatic heterocycles. The van der Waals surface area contributed by atoms with Crippen LogP contribution in [0.2, 0.25) is 0 Å². The van der Waals surface area contributed by atoms with Crippen LogP contribution in [0.25, 0.3) is 0 Å². The minimum atomic E-state index is -3.70. The second-order valence-corrected chi connectivity index (χ2v) is 15.1. The molecule has 3 aromatic carbocycles. The van der Waals surface area contributed by atoms with Crippen molar-refractivity contribution in [3.63, 3.8) is 0 Å². The molecule has 0 atom stereocenters. The number of para-hydroxylation sites is 1. The molecule has 9 heteroatoms. The summed E-state index contributed by atoms with van der Waals surface area (Å²) >= 11 is 3.45. The van der Waals surface area contributed by atoms with E-state index < -0.39 is 15.5 Å². The Balaban J connectivity index is 2.08. The monoisotopic (exact) mass is 530 g/mol. The van der Waals surface area contributed by atoms with E-state index in [0.29, 0.717) is 17.8 Å². The van der Waals surface area contributed by atoms with E-state index in [4.69, 9.17) is 0 Å². The summed E-state index contributed by atoms with van der Waals surface area (Å²) in [5, 5.41) is 10.8. The number of rotatable bonds is 7. The van der Waals surface area contributed by atoms with E-state index in [-0.39, 0.29) is 0 Å². The van der Waals surface area contributed by atoms with Gasteiger partial charge in [0.1, 0.15) is 0 Å². The van der Waals surface area contributed by atoms with Gasteiger partial charge in [-0.15, -0.1) is 0 Å². The van der Waals surface area contributed by atoms with Gasteiger partial charge in [-0.2, -0.15) is 0 Å². The second kappa shape index (κ2) is 9.16. The van der Waals surface area contributed by atoms with Gasteiger partial charge in [0.15, 0.2) is 0 Å². The Labute approximate surface area is 196 Å². The van der Waals surface area contributed by atoms with Crippen LogP contribution in [-0.2, 0) is 10.0 Å². The van der Waals surface area contributed by atoms with Crippen LogP contribution in [0.5, 0.6) is 0 Å². The predicted octanol–water partition coefficient (Wildman–Crippen LogP) is 2.62. The van der Waals surface area contributed by atoms with Crippen LogP contribution in [0.4, 0.5) is 11.5 Å². The van der Waals surface area contributed by atoms with Crippen LogP contribution in [-0.4, -0.2) is 50.7 Å².